The third kappa shape index (κ3) is 3.55. The van der Waals surface area contributed by atoms with Crippen molar-refractivity contribution >= 4 is 34.9 Å². The number of methoxy groups -OCH3 is 1. The minimum absolute atomic E-state index is 0.294. The van der Waals surface area contributed by atoms with Crippen LogP contribution in [0.15, 0.2) is 35.7 Å². The minimum atomic E-state index is -0.294. The van der Waals surface area contributed by atoms with Crippen molar-refractivity contribution in [1.29, 1.82) is 0 Å². The lowest BCUT2D eigenvalue weighted by Gasteiger charge is -2.26. The van der Waals surface area contributed by atoms with Crippen LogP contribution < -0.4 is 10.1 Å². The molecule has 0 fully saturated rings. The Morgan fingerprint density at radius 1 is 1.32 bits per heavy atom. The van der Waals surface area contributed by atoms with Crippen LogP contribution in [0.1, 0.15) is 16.7 Å². The van der Waals surface area contributed by atoms with E-state index in [1.54, 1.807) is 14.2 Å². The molecule has 1 aromatic heterocycles. The molecule has 0 atom stereocenters. The van der Waals surface area contributed by atoms with Crippen LogP contribution in [0.25, 0.3) is 0 Å². The highest BCUT2D eigenvalue weighted by atomic mass is 35.5. The van der Waals surface area contributed by atoms with E-state index < -0.39 is 0 Å². The molecule has 1 aliphatic heterocycles. The van der Waals surface area contributed by atoms with Gasteiger partial charge in [-0.05, 0) is 29.3 Å². The molecule has 0 radical (unpaired) electrons. The zero-order valence-corrected chi connectivity index (χ0v) is 15.2. The molecule has 0 aliphatic carbocycles. The molecular weight excluding hydrogens is 363 g/mol. The van der Waals surface area contributed by atoms with Crippen molar-refractivity contribution in [3.8, 4) is 5.75 Å². The van der Waals surface area contributed by atoms with Gasteiger partial charge in [0.15, 0.2) is 0 Å². The van der Waals surface area contributed by atoms with E-state index in [4.69, 9.17) is 27.9 Å². The Morgan fingerprint density at radius 3 is 2.68 bits per heavy atom. The molecule has 25 heavy (non-hydrogen) atoms. The molecule has 0 unspecified atom stereocenters. The van der Waals surface area contributed by atoms with Crippen LogP contribution in [0.5, 0.6) is 5.75 Å². The molecule has 0 bridgehead atoms. The average molecular weight is 379 g/mol. The van der Waals surface area contributed by atoms with E-state index in [-0.39, 0.29) is 6.03 Å². The molecule has 0 saturated heterocycles. The normalized spacial score (nSPS) is 13.1. The van der Waals surface area contributed by atoms with Gasteiger partial charge in [0.05, 0.1) is 29.4 Å². The van der Waals surface area contributed by atoms with E-state index in [9.17, 15) is 4.79 Å². The Labute approximate surface area is 155 Å². The van der Waals surface area contributed by atoms with Crippen molar-refractivity contribution in [3.63, 3.8) is 0 Å². The van der Waals surface area contributed by atoms with Gasteiger partial charge in [-0.15, -0.1) is 0 Å². The Kier molecular flexibility index (Phi) is 5.11. The summed E-state index contributed by atoms with van der Waals surface area (Å²) in [4.78, 5) is 16.0. The van der Waals surface area contributed by atoms with Crippen LogP contribution in [-0.4, -0.2) is 35.9 Å². The molecule has 3 rings (SSSR count). The lowest BCUT2D eigenvalue weighted by Crippen LogP contribution is -2.37. The number of hydrazone groups is 1. The Hall–Kier alpha value is -2.31. The van der Waals surface area contributed by atoms with Gasteiger partial charge in [-0.2, -0.15) is 5.10 Å². The van der Waals surface area contributed by atoms with Crippen LogP contribution in [0.4, 0.5) is 4.79 Å². The highest BCUT2D eigenvalue weighted by molar-refractivity contribution is 6.36. The van der Waals surface area contributed by atoms with Gasteiger partial charge in [0.2, 0.25) is 0 Å². The first-order valence-corrected chi connectivity index (χ1v) is 8.31. The maximum absolute atomic E-state index is 12.1. The second kappa shape index (κ2) is 7.29. The number of urea groups is 1. The second-order valence-corrected chi connectivity index (χ2v) is 6.26. The molecule has 1 N–H and O–H groups in total. The predicted octanol–water partition coefficient (Wildman–Crippen LogP) is 3.50. The third-order valence-electron chi connectivity index (χ3n) is 3.93. The fourth-order valence-corrected chi connectivity index (χ4v) is 3.16. The van der Waals surface area contributed by atoms with Crippen molar-refractivity contribution < 1.29 is 9.53 Å². The fraction of sp³-hybridized carbons (Fsp3) is 0.235. The molecule has 2 amide bonds. The lowest BCUT2D eigenvalue weighted by atomic mass is 9.96. The van der Waals surface area contributed by atoms with Crippen LogP contribution >= 0.6 is 23.2 Å². The molecule has 0 spiro atoms. The SMILES string of the molecule is CNC(=O)N1Cc2cc(OC)ccc2C(Cc2c(Cl)cncc2Cl)=N1. The summed E-state index contributed by atoms with van der Waals surface area (Å²) in [6, 6.07) is 5.39. The van der Waals surface area contributed by atoms with Gasteiger partial charge in [0, 0.05) is 31.4 Å². The predicted molar refractivity (Wildman–Crippen MR) is 97.5 cm³/mol. The highest BCUT2D eigenvalue weighted by Crippen LogP contribution is 2.29. The molecule has 1 aromatic carbocycles. The second-order valence-electron chi connectivity index (χ2n) is 5.44. The molecule has 130 valence electrons. The van der Waals surface area contributed by atoms with Crippen molar-refractivity contribution in [2.24, 2.45) is 5.10 Å². The Bertz CT molecular complexity index is 834. The smallest absolute Gasteiger partial charge is 0.337 e. The van der Waals surface area contributed by atoms with Crippen LogP contribution in [0.2, 0.25) is 10.0 Å². The van der Waals surface area contributed by atoms with Crippen molar-refractivity contribution in [2.45, 2.75) is 13.0 Å². The molecule has 0 saturated carbocycles. The molecular formula is C17H16Cl2N4O2. The number of rotatable bonds is 3. The van der Waals surface area contributed by atoms with Crippen molar-refractivity contribution in [2.75, 3.05) is 14.2 Å². The number of amides is 2. The number of ether oxygens (including phenoxy) is 1. The van der Waals surface area contributed by atoms with Gasteiger partial charge in [0.25, 0.3) is 0 Å². The number of fused-ring (bicyclic) bond motifs is 1. The first kappa shape index (κ1) is 17.5. The van der Waals surface area contributed by atoms with Gasteiger partial charge in [-0.3, -0.25) is 4.98 Å². The number of carbonyl (C=O) groups is 1. The van der Waals surface area contributed by atoms with Crippen LogP contribution in [-0.2, 0) is 13.0 Å². The van der Waals surface area contributed by atoms with Crippen LogP contribution in [0, 0.1) is 0 Å². The van der Waals surface area contributed by atoms with Gasteiger partial charge in [-0.1, -0.05) is 23.2 Å². The van der Waals surface area contributed by atoms with Gasteiger partial charge < -0.3 is 10.1 Å². The highest BCUT2D eigenvalue weighted by Gasteiger charge is 2.24. The largest absolute Gasteiger partial charge is 0.497 e. The monoisotopic (exact) mass is 378 g/mol. The summed E-state index contributed by atoms with van der Waals surface area (Å²) >= 11 is 12.5. The number of pyridine rings is 1. The zero-order valence-electron chi connectivity index (χ0n) is 13.7. The van der Waals surface area contributed by atoms with Crippen LogP contribution in [0.3, 0.4) is 0 Å². The first-order valence-electron chi connectivity index (χ1n) is 7.55. The summed E-state index contributed by atoms with van der Waals surface area (Å²) in [6.07, 6.45) is 3.46. The van der Waals surface area contributed by atoms with E-state index in [1.165, 1.54) is 17.4 Å². The van der Waals surface area contributed by atoms with Gasteiger partial charge in [0.1, 0.15) is 5.75 Å². The lowest BCUT2D eigenvalue weighted by molar-refractivity contribution is 0.198. The number of benzene rings is 1. The topological polar surface area (TPSA) is 66.8 Å². The van der Waals surface area contributed by atoms with E-state index in [0.29, 0.717) is 28.7 Å². The molecule has 1 aliphatic rings. The summed E-state index contributed by atoms with van der Waals surface area (Å²) in [6.45, 7) is 0.355. The number of nitrogens with zero attached hydrogens (tertiary/aromatic N) is 3. The zero-order chi connectivity index (χ0) is 18.0. The quantitative estimate of drug-likeness (QED) is 0.888. The number of carbonyl (C=O) groups excluding carboxylic acids is 1. The number of aromatic nitrogens is 1. The van der Waals surface area contributed by atoms with E-state index in [0.717, 1.165) is 22.4 Å². The third-order valence-corrected chi connectivity index (χ3v) is 4.58. The van der Waals surface area contributed by atoms with Crippen molar-refractivity contribution in [1.82, 2.24) is 15.3 Å². The number of hydrogen-bond acceptors (Lipinski definition) is 4. The summed E-state index contributed by atoms with van der Waals surface area (Å²) in [5, 5.41) is 9.37. The molecule has 8 heteroatoms. The molecule has 6 nitrogen and oxygen atoms in total. The maximum atomic E-state index is 12.1. The summed E-state index contributed by atoms with van der Waals surface area (Å²) in [7, 11) is 3.17. The summed E-state index contributed by atoms with van der Waals surface area (Å²) < 4.78 is 5.28. The van der Waals surface area contributed by atoms with Crippen molar-refractivity contribution in [3.05, 3.63) is 57.3 Å². The molecule has 2 heterocycles. The summed E-state index contributed by atoms with van der Waals surface area (Å²) in [5.41, 5.74) is 3.29. The van der Waals surface area contributed by atoms with E-state index in [1.807, 2.05) is 18.2 Å². The van der Waals surface area contributed by atoms with Gasteiger partial charge >= 0.3 is 6.03 Å². The number of nitrogens with one attached hydrogen (secondary N) is 1. The number of hydrogen-bond donors (Lipinski definition) is 1. The Balaban J connectivity index is 2.05. The first-order chi connectivity index (χ1) is 12.0. The standard InChI is InChI=1S/C17H16Cl2N4O2/c1-20-17(24)23-9-10-5-11(25-2)3-4-12(10)16(22-23)6-13-14(18)7-21-8-15(13)19/h3-5,7-8H,6,9H2,1-2H3,(H,20,24). The Morgan fingerprint density at radius 2 is 2.04 bits per heavy atom. The minimum Gasteiger partial charge on any atom is -0.497 e. The summed E-state index contributed by atoms with van der Waals surface area (Å²) in [5.74, 6) is 0.719. The van der Waals surface area contributed by atoms with Gasteiger partial charge in [-0.25, -0.2) is 9.80 Å². The number of halogens is 2. The average Bonchev–Trinajstić information content (AvgIpc) is 2.63. The maximum Gasteiger partial charge on any atom is 0.337 e. The molecule has 2 aromatic rings. The van der Waals surface area contributed by atoms with E-state index >= 15 is 0 Å². The van der Waals surface area contributed by atoms with E-state index in [2.05, 4.69) is 15.4 Å². The fourth-order valence-electron chi connectivity index (χ4n) is 2.66.